The molecule has 1 heterocycles. The van der Waals surface area contributed by atoms with Crippen molar-refractivity contribution in [3.63, 3.8) is 0 Å². The highest BCUT2D eigenvalue weighted by molar-refractivity contribution is 7.89. The van der Waals surface area contributed by atoms with Crippen LogP contribution in [0.4, 0.5) is 13.2 Å². The molecule has 1 saturated heterocycles. The molecule has 0 saturated carbocycles. The second-order valence-electron chi connectivity index (χ2n) is 4.70. The summed E-state index contributed by atoms with van der Waals surface area (Å²) in [5, 5.41) is 11.8. The fourth-order valence-corrected chi connectivity index (χ4v) is 3.72. The van der Waals surface area contributed by atoms with Gasteiger partial charge in [-0.15, -0.1) is 0 Å². The Morgan fingerprint density at radius 3 is 2.36 bits per heavy atom. The van der Waals surface area contributed by atoms with Crippen molar-refractivity contribution in [2.75, 3.05) is 19.6 Å². The molecule has 0 radical (unpaired) electrons. The molecular formula is C12H13F3N2O4S. The van der Waals surface area contributed by atoms with Crippen molar-refractivity contribution in [3.8, 4) is 0 Å². The summed E-state index contributed by atoms with van der Waals surface area (Å²) in [7, 11) is -4.17. The highest BCUT2D eigenvalue weighted by Crippen LogP contribution is 2.30. The van der Waals surface area contributed by atoms with Crippen LogP contribution < -0.4 is 5.32 Å². The van der Waals surface area contributed by atoms with Crippen LogP contribution in [0, 0.1) is 0 Å². The highest BCUT2D eigenvalue weighted by atomic mass is 32.2. The Labute approximate surface area is 124 Å². The molecule has 0 spiro atoms. The van der Waals surface area contributed by atoms with E-state index < -0.39 is 33.8 Å². The van der Waals surface area contributed by atoms with E-state index in [0.29, 0.717) is 12.1 Å². The van der Waals surface area contributed by atoms with Gasteiger partial charge in [0.2, 0.25) is 10.0 Å². The van der Waals surface area contributed by atoms with Crippen molar-refractivity contribution in [3.05, 3.63) is 29.8 Å². The van der Waals surface area contributed by atoms with Crippen molar-refractivity contribution in [2.45, 2.75) is 17.1 Å². The van der Waals surface area contributed by atoms with E-state index >= 15 is 0 Å². The third-order valence-corrected chi connectivity index (χ3v) is 5.19. The molecular weight excluding hydrogens is 325 g/mol. The van der Waals surface area contributed by atoms with E-state index in [1.54, 1.807) is 0 Å². The molecule has 1 atom stereocenters. The van der Waals surface area contributed by atoms with Crippen LogP contribution in [0.25, 0.3) is 0 Å². The molecule has 1 aromatic rings. The number of sulfonamides is 1. The first kappa shape index (κ1) is 16.7. The number of aliphatic carboxylic acids is 1. The average Bonchev–Trinajstić information content (AvgIpc) is 2.46. The molecule has 2 N–H and O–H groups in total. The Morgan fingerprint density at radius 1 is 1.27 bits per heavy atom. The van der Waals surface area contributed by atoms with Gasteiger partial charge in [-0.2, -0.15) is 17.5 Å². The summed E-state index contributed by atoms with van der Waals surface area (Å²) in [4.78, 5) is 10.8. The van der Waals surface area contributed by atoms with Gasteiger partial charge in [0.25, 0.3) is 0 Å². The molecule has 1 aliphatic heterocycles. The molecule has 1 aliphatic rings. The first-order valence-electron chi connectivity index (χ1n) is 6.26. The topological polar surface area (TPSA) is 86.7 Å². The number of carboxylic acid groups (broad SMARTS) is 1. The summed E-state index contributed by atoms with van der Waals surface area (Å²) < 4.78 is 63.1. The van der Waals surface area contributed by atoms with Gasteiger partial charge in [0.15, 0.2) is 0 Å². The predicted molar refractivity (Wildman–Crippen MR) is 69.6 cm³/mol. The summed E-state index contributed by atoms with van der Waals surface area (Å²) in [5.41, 5.74) is -0.971. The normalized spacial score (nSPS) is 20.8. The number of carboxylic acids is 1. The smallest absolute Gasteiger partial charge is 0.416 e. The van der Waals surface area contributed by atoms with Gasteiger partial charge in [-0.3, -0.25) is 4.79 Å². The third kappa shape index (κ3) is 3.23. The van der Waals surface area contributed by atoms with Gasteiger partial charge in [-0.05, 0) is 24.3 Å². The molecule has 22 heavy (non-hydrogen) atoms. The SMILES string of the molecule is O=C(O)C1CNCCN1S(=O)(=O)c1ccc(C(F)(F)F)cc1. The maximum absolute atomic E-state index is 12.5. The quantitative estimate of drug-likeness (QED) is 0.849. The van der Waals surface area contributed by atoms with Crippen molar-refractivity contribution in [2.24, 2.45) is 0 Å². The van der Waals surface area contributed by atoms with Gasteiger partial charge >= 0.3 is 12.1 Å². The van der Waals surface area contributed by atoms with Crippen LogP contribution in [0.5, 0.6) is 0 Å². The molecule has 1 fully saturated rings. The molecule has 0 aromatic heterocycles. The molecule has 122 valence electrons. The van der Waals surface area contributed by atoms with Gasteiger partial charge in [-0.25, -0.2) is 8.42 Å². The van der Waals surface area contributed by atoms with E-state index in [2.05, 4.69) is 5.32 Å². The molecule has 2 rings (SSSR count). The number of alkyl halides is 3. The van der Waals surface area contributed by atoms with Crippen LogP contribution in [0.2, 0.25) is 0 Å². The van der Waals surface area contributed by atoms with E-state index in [1.807, 2.05) is 0 Å². The van der Waals surface area contributed by atoms with Gasteiger partial charge < -0.3 is 10.4 Å². The second kappa shape index (κ2) is 5.86. The lowest BCUT2D eigenvalue weighted by Crippen LogP contribution is -2.56. The standard InChI is InChI=1S/C12H13F3N2O4S/c13-12(14,15)8-1-3-9(4-2-8)22(20,21)17-6-5-16-7-10(17)11(18)19/h1-4,10,16H,5-7H2,(H,18,19). The molecule has 0 amide bonds. The Hall–Kier alpha value is -1.65. The molecule has 0 aliphatic carbocycles. The van der Waals surface area contributed by atoms with Gasteiger partial charge in [0.05, 0.1) is 10.5 Å². The zero-order valence-electron chi connectivity index (χ0n) is 11.2. The fourth-order valence-electron chi connectivity index (χ4n) is 2.14. The Morgan fingerprint density at radius 2 is 1.86 bits per heavy atom. The number of rotatable bonds is 3. The second-order valence-corrected chi connectivity index (χ2v) is 6.59. The van der Waals surface area contributed by atoms with Crippen molar-refractivity contribution < 1.29 is 31.5 Å². The van der Waals surface area contributed by atoms with Crippen molar-refractivity contribution in [1.29, 1.82) is 0 Å². The zero-order valence-corrected chi connectivity index (χ0v) is 12.0. The summed E-state index contributed by atoms with van der Waals surface area (Å²) in [6.45, 7) is 0.138. The lowest BCUT2D eigenvalue weighted by molar-refractivity contribution is -0.142. The molecule has 1 unspecified atom stereocenters. The minimum absolute atomic E-state index is 0.0603. The Balaban J connectivity index is 2.35. The first-order chi connectivity index (χ1) is 10.1. The number of hydrogen-bond acceptors (Lipinski definition) is 4. The lowest BCUT2D eigenvalue weighted by Gasteiger charge is -2.32. The number of carbonyl (C=O) groups is 1. The van der Waals surface area contributed by atoms with Crippen molar-refractivity contribution >= 4 is 16.0 Å². The third-order valence-electron chi connectivity index (χ3n) is 3.27. The van der Waals surface area contributed by atoms with Crippen LogP contribution in [0.3, 0.4) is 0 Å². The number of benzene rings is 1. The number of halogens is 3. The Kier molecular flexibility index (Phi) is 4.45. The van der Waals surface area contributed by atoms with Gasteiger partial charge in [-0.1, -0.05) is 0 Å². The lowest BCUT2D eigenvalue weighted by atomic mass is 10.2. The van der Waals surface area contributed by atoms with Crippen LogP contribution in [-0.4, -0.2) is 49.5 Å². The summed E-state index contributed by atoms with van der Waals surface area (Å²) in [5.74, 6) is -1.32. The monoisotopic (exact) mass is 338 g/mol. The van der Waals surface area contributed by atoms with E-state index in [0.717, 1.165) is 16.4 Å². The molecule has 0 bridgehead atoms. The van der Waals surface area contributed by atoms with Crippen LogP contribution in [0.1, 0.15) is 5.56 Å². The van der Waals surface area contributed by atoms with Crippen LogP contribution >= 0.6 is 0 Å². The summed E-state index contributed by atoms with van der Waals surface area (Å²) >= 11 is 0. The maximum atomic E-state index is 12.5. The summed E-state index contributed by atoms with van der Waals surface area (Å²) in [6.07, 6.45) is -4.57. The molecule has 6 nitrogen and oxygen atoms in total. The first-order valence-corrected chi connectivity index (χ1v) is 7.70. The highest BCUT2D eigenvalue weighted by Gasteiger charge is 2.38. The van der Waals surface area contributed by atoms with Gasteiger partial charge in [0.1, 0.15) is 6.04 Å². The van der Waals surface area contributed by atoms with Gasteiger partial charge in [0, 0.05) is 19.6 Å². The van der Waals surface area contributed by atoms with E-state index in [9.17, 15) is 26.4 Å². The zero-order chi connectivity index (χ0) is 16.5. The minimum Gasteiger partial charge on any atom is -0.480 e. The Bertz CT molecular complexity index is 658. The summed E-state index contributed by atoms with van der Waals surface area (Å²) in [6, 6.07) is 1.69. The van der Waals surface area contributed by atoms with Crippen LogP contribution in [0.15, 0.2) is 29.2 Å². The molecule has 10 heteroatoms. The number of hydrogen-bond donors (Lipinski definition) is 2. The number of piperazine rings is 1. The van der Waals surface area contributed by atoms with E-state index in [1.165, 1.54) is 0 Å². The van der Waals surface area contributed by atoms with Crippen molar-refractivity contribution in [1.82, 2.24) is 9.62 Å². The molecule has 1 aromatic carbocycles. The predicted octanol–water partition coefficient (Wildman–Crippen LogP) is 0.753. The minimum atomic E-state index is -4.57. The van der Waals surface area contributed by atoms with E-state index in [-0.39, 0.29) is 24.5 Å². The largest absolute Gasteiger partial charge is 0.480 e. The number of nitrogens with one attached hydrogen (secondary N) is 1. The number of nitrogens with zero attached hydrogens (tertiary/aromatic N) is 1. The van der Waals surface area contributed by atoms with E-state index in [4.69, 9.17) is 5.11 Å². The average molecular weight is 338 g/mol. The fraction of sp³-hybridized carbons (Fsp3) is 0.417. The van der Waals surface area contributed by atoms with Crippen LogP contribution in [-0.2, 0) is 21.0 Å². The maximum Gasteiger partial charge on any atom is 0.416 e.